The SMILES string of the molecule is CCc1cc2c(cc1OC)CCN(CC[S+](C)[O-])C2C/C(C)=C/Nc1ccccc1. The third-order valence-corrected chi connectivity index (χ3v) is 6.59. The van der Waals surface area contributed by atoms with Crippen LogP contribution in [0.25, 0.3) is 0 Å². The molecule has 0 aromatic heterocycles. The molecule has 0 aliphatic carbocycles. The quantitative estimate of drug-likeness (QED) is 0.577. The molecule has 162 valence electrons. The minimum atomic E-state index is -0.781. The maximum absolute atomic E-state index is 11.8. The average molecular weight is 427 g/mol. The Kier molecular flexibility index (Phi) is 8.25. The van der Waals surface area contributed by atoms with Crippen LogP contribution in [0.15, 0.2) is 54.2 Å². The summed E-state index contributed by atoms with van der Waals surface area (Å²) >= 11 is -0.781. The number of aryl methyl sites for hydroxylation is 1. The zero-order valence-corrected chi connectivity index (χ0v) is 19.4. The zero-order valence-electron chi connectivity index (χ0n) is 18.6. The monoisotopic (exact) mass is 426 g/mol. The van der Waals surface area contributed by atoms with Gasteiger partial charge in [0.1, 0.15) is 11.5 Å². The molecule has 1 aliphatic heterocycles. The molecule has 0 amide bonds. The third-order valence-electron chi connectivity index (χ3n) is 5.83. The number of hydrogen-bond acceptors (Lipinski definition) is 4. The van der Waals surface area contributed by atoms with Crippen LogP contribution in [-0.2, 0) is 24.0 Å². The van der Waals surface area contributed by atoms with E-state index < -0.39 is 11.2 Å². The molecule has 4 nitrogen and oxygen atoms in total. The molecule has 1 N–H and O–H groups in total. The second-order valence-corrected chi connectivity index (χ2v) is 9.56. The minimum absolute atomic E-state index is 0.294. The predicted octanol–water partition coefficient (Wildman–Crippen LogP) is 4.94. The molecule has 1 heterocycles. The van der Waals surface area contributed by atoms with Crippen LogP contribution in [0.1, 0.15) is 43.0 Å². The van der Waals surface area contributed by atoms with Crippen LogP contribution in [0.3, 0.4) is 0 Å². The van der Waals surface area contributed by atoms with E-state index in [0.717, 1.165) is 43.8 Å². The van der Waals surface area contributed by atoms with Gasteiger partial charge in [-0.25, -0.2) is 0 Å². The highest BCUT2D eigenvalue weighted by Crippen LogP contribution is 2.38. The van der Waals surface area contributed by atoms with Gasteiger partial charge in [-0.2, -0.15) is 0 Å². The number of hydrogen-bond donors (Lipinski definition) is 1. The molecule has 0 spiro atoms. The highest BCUT2D eigenvalue weighted by molar-refractivity contribution is 7.90. The van der Waals surface area contributed by atoms with Gasteiger partial charge in [0.25, 0.3) is 0 Å². The van der Waals surface area contributed by atoms with Crippen LogP contribution >= 0.6 is 0 Å². The lowest BCUT2D eigenvalue weighted by molar-refractivity contribution is 0.194. The first-order valence-corrected chi connectivity index (χ1v) is 12.5. The zero-order chi connectivity index (χ0) is 21.5. The maximum atomic E-state index is 11.8. The summed E-state index contributed by atoms with van der Waals surface area (Å²) < 4.78 is 17.4. The standard InChI is InChI=1S/C25H34N2O2S/c1-5-20-16-23-21(17-25(20)29-3)11-12-27(13-14-30(4)28)24(23)15-19(2)18-26-22-9-7-6-8-10-22/h6-10,16-18,24,26H,5,11-15H2,1-4H3/b19-18+. The highest BCUT2D eigenvalue weighted by Gasteiger charge is 2.29. The van der Waals surface area contributed by atoms with Crippen molar-refractivity contribution in [1.82, 2.24) is 4.90 Å². The smallest absolute Gasteiger partial charge is 0.122 e. The number of nitrogens with one attached hydrogen (secondary N) is 1. The second kappa shape index (κ2) is 10.9. The van der Waals surface area contributed by atoms with E-state index in [1.165, 1.54) is 22.3 Å². The molecular weight excluding hydrogens is 392 g/mol. The molecule has 5 heteroatoms. The molecule has 3 rings (SSSR count). The number of para-hydroxylation sites is 1. The van der Waals surface area contributed by atoms with Gasteiger partial charge in [-0.3, -0.25) is 4.90 Å². The summed E-state index contributed by atoms with van der Waals surface area (Å²) in [5.41, 5.74) is 6.43. The first-order valence-electron chi connectivity index (χ1n) is 10.7. The van der Waals surface area contributed by atoms with Gasteiger partial charge in [0.05, 0.1) is 13.4 Å². The van der Waals surface area contributed by atoms with Crippen LogP contribution in [0.5, 0.6) is 5.75 Å². The fraction of sp³-hybridized carbons (Fsp3) is 0.440. The number of methoxy groups -OCH3 is 1. The van der Waals surface area contributed by atoms with Crippen molar-refractivity contribution in [2.24, 2.45) is 0 Å². The van der Waals surface area contributed by atoms with Crippen molar-refractivity contribution in [2.75, 3.05) is 37.5 Å². The van der Waals surface area contributed by atoms with Crippen molar-refractivity contribution < 1.29 is 9.29 Å². The Morgan fingerprint density at radius 1 is 1.30 bits per heavy atom. The van der Waals surface area contributed by atoms with Gasteiger partial charge in [-0.05, 0) is 67.3 Å². The molecule has 2 atom stereocenters. The Morgan fingerprint density at radius 3 is 2.73 bits per heavy atom. The van der Waals surface area contributed by atoms with Crippen LogP contribution < -0.4 is 10.1 Å². The number of anilines is 1. The lowest BCUT2D eigenvalue weighted by atomic mass is 9.87. The summed E-state index contributed by atoms with van der Waals surface area (Å²) in [6.45, 7) is 6.21. The molecule has 0 fully saturated rings. The molecule has 0 bridgehead atoms. The number of ether oxygens (including phenoxy) is 1. The lowest BCUT2D eigenvalue weighted by Gasteiger charge is -2.38. The van der Waals surface area contributed by atoms with Crippen molar-refractivity contribution >= 4 is 16.9 Å². The summed E-state index contributed by atoms with van der Waals surface area (Å²) in [6, 6.07) is 15.1. The maximum Gasteiger partial charge on any atom is 0.122 e. The van der Waals surface area contributed by atoms with E-state index in [4.69, 9.17) is 4.74 Å². The van der Waals surface area contributed by atoms with Crippen molar-refractivity contribution in [3.8, 4) is 5.75 Å². The van der Waals surface area contributed by atoms with Crippen molar-refractivity contribution in [2.45, 2.75) is 39.2 Å². The van der Waals surface area contributed by atoms with Gasteiger partial charge in [0.2, 0.25) is 0 Å². The fourth-order valence-corrected chi connectivity index (χ4v) is 4.64. The fourth-order valence-electron chi connectivity index (χ4n) is 4.15. The first kappa shape index (κ1) is 22.7. The molecule has 0 saturated heterocycles. The van der Waals surface area contributed by atoms with Gasteiger partial charge in [-0.15, -0.1) is 0 Å². The summed E-state index contributed by atoms with van der Waals surface area (Å²) in [4.78, 5) is 2.51. The minimum Gasteiger partial charge on any atom is -0.617 e. The Labute approximate surface area is 184 Å². The van der Waals surface area contributed by atoms with Gasteiger partial charge in [0, 0.05) is 24.8 Å². The third kappa shape index (κ3) is 5.81. The first-order chi connectivity index (χ1) is 14.5. The van der Waals surface area contributed by atoms with E-state index in [0.29, 0.717) is 11.8 Å². The van der Waals surface area contributed by atoms with Crippen molar-refractivity contribution in [1.29, 1.82) is 0 Å². The van der Waals surface area contributed by atoms with Gasteiger partial charge in [0.15, 0.2) is 0 Å². The second-order valence-electron chi connectivity index (χ2n) is 8.00. The Hall–Kier alpha value is -1.95. The molecule has 1 aliphatic rings. The largest absolute Gasteiger partial charge is 0.617 e. The van der Waals surface area contributed by atoms with Crippen molar-refractivity contribution in [3.05, 3.63) is 70.9 Å². The topological polar surface area (TPSA) is 47.6 Å². The molecule has 0 saturated carbocycles. The average Bonchev–Trinajstić information content (AvgIpc) is 2.76. The van der Waals surface area contributed by atoms with Crippen LogP contribution in [0.2, 0.25) is 0 Å². The number of nitrogens with zero attached hydrogens (tertiary/aromatic N) is 1. The molecule has 2 aromatic rings. The van der Waals surface area contributed by atoms with Crippen molar-refractivity contribution in [3.63, 3.8) is 0 Å². The van der Waals surface area contributed by atoms with Crippen LogP contribution in [0.4, 0.5) is 5.69 Å². The predicted molar refractivity (Wildman–Crippen MR) is 128 cm³/mol. The van der Waals surface area contributed by atoms with Crippen LogP contribution in [-0.4, -0.2) is 41.7 Å². The summed E-state index contributed by atoms with van der Waals surface area (Å²) in [7, 11) is 1.76. The van der Waals surface area contributed by atoms with E-state index in [1.54, 1.807) is 13.4 Å². The lowest BCUT2D eigenvalue weighted by Crippen LogP contribution is -2.38. The number of rotatable bonds is 9. The van der Waals surface area contributed by atoms with E-state index in [9.17, 15) is 4.55 Å². The van der Waals surface area contributed by atoms with Gasteiger partial charge in [-0.1, -0.05) is 47.9 Å². The molecule has 0 radical (unpaired) electrons. The summed E-state index contributed by atoms with van der Waals surface area (Å²) in [5, 5.41) is 3.41. The van der Waals surface area contributed by atoms with E-state index in [-0.39, 0.29) is 0 Å². The van der Waals surface area contributed by atoms with E-state index >= 15 is 0 Å². The normalized spacial score (nSPS) is 18.0. The molecule has 2 aromatic carbocycles. The van der Waals surface area contributed by atoms with Crippen LogP contribution in [0, 0.1) is 0 Å². The van der Waals surface area contributed by atoms with E-state index in [2.05, 4.69) is 54.5 Å². The Bertz CT molecular complexity index is 852. The summed E-state index contributed by atoms with van der Waals surface area (Å²) in [5.74, 6) is 1.71. The molecule has 30 heavy (non-hydrogen) atoms. The Morgan fingerprint density at radius 2 is 2.07 bits per heavy atom. The molecule has 2 unspecified atom stereocenters. The summed E-state index contributed by atoms with van der Waals surface area (Å²) in [6.07, 6.45) is 6.81. The van der Waals surface area contributed by atoms with E-state index in [1.807, 2.05) is 18.2 Å². The van der Waals surface area contributed by atoms with Gasteiger partial charge >= 0.3 is 0 Å². The molecular formula is C25H34N2O2S. The van der Waals surface area contributed by atoms with Gasteiger partial charge < -0.3 is 14.6 Å². The number of benzene rings is 2. The number of fused-ring (bicyclic) bond motifs is 1. The highest BCUT2D eigenvalue weighted by atomic mass is 32.2. The Balaban J connectivity index is 1.86.